The lowest BCUT2D eigenvalue weighted by Gasteiger charge is -2.19. The minimum atomic E-state index is -1.06. The van der Waals surface area contributed by atoms with Gasteiger partial charge in [-0.15, -0.1) is 0 Å². The van der Waals surface area contributed by atoms with Crippen LogP contribution < -0.4 is 21.5 Å². The van der Waals surface area contributed by atoms with E-state index in [2.05, 4.69) is 10.3 Å². The van der Waals surface area contributed by atoms with E-state index in [1.54, 1.807) is 42.5 Å². The predicted octanol–water partition coefficient (Wildman–Crippen LogP) is 1.88. The molecule has 0 saturated carbocycles. The molecular formula is C23H26N4O5. The average Bonchev–Trinajstić information content (AvgIpc) is 3.13. The lowest BCUT2D eigenvalue weighted by atomic mass is 9.89. The summed E-state index contributed by atoms with van der Waals surface area (Å²) in [5, 5.41) is 21.4. The Morgan fingerprint density at radius 2 is 1.88 bits per heavy atom. The van der Waals surface area contributed by atoms with E-state index in [4.69, 9.17) is 21.3 Å². The first-order valence-electron chi connectivity index (χ1n) is 10.2. The molecular weight excluding hydrogens is 412 g/mol. The van der Waals surface area contributed by atoms with Gasteiger partial charge in [0.05, 0.1) is 0 Å². The molecule has 2 aromatic carbocycles. The maximum Gasteiger partial charge on any atom is 0.328 e. The first-order valence-corrected chi connectivity index (χ1v) is 10.2. The molecule has 0 spiro atoms. The molecule has 0 saturated heterocycles. The van der Waals surface area contributed by atoms with Crippen molar-refractivity contribution < 1.29 is 24.5 Å². The van der Waals surface area contributed by atoms with Crippen LogP contribution in [-0.4, -0.2) is 41.1 Å². The van der Waals surface area contributed by atoms with Crippen molar-refractivity contribution >= 4 is 23.9 Å². The molecule has 1 heterocycles. The number of phenolic OH excluding ortho intramolecular Hbond substituents is 1. The molecule has 0 radical (unpaired) electrons. The Balaban J connectivity index is 1.80. The number of benzene rings is 2. The highest BCUT2D eigenvalue weighted by molar-refractivity contribution is 5.88. The summed E-state index contributed by atoms with van der Waals surface area (Å²) in [6, 6.07) is 11.7. The van der Waals surface area contributed by atoms with Gasteiger partial charge in [-0.1, -0.05) is 18.2 Å². The lowest BCUT2D eigenvalue weighted by molar-refractivity contribution is -0.131. The standard InChI is InChI=1S/C23H26N4O5/c24-23(25)27-12-2-1-11-26-22(31)20-17-13-14(4-10-19(29)30)3-9-18(17)32-21(20)15-5-7-16(28)8-6-15/h3-10,13,20-21,28H,1-2,11-12H2,(H,26,31)(H,29,30)(H4,24,25,27)/b10-4+. The van der Waals surface area contributed by atoms with Crippen molar-refractivity contribution in [1.82, 2.24) is 5.32 Å². The third-order valence-corrected chi connectivity index (χ3v) is 5.03. The minimum Gasteiger partial charge on any atom is -0.508 e. The molecule has 9 heteroatoms. The third-order valence-electron chi connectivity index (χ3n) is 5.03. The van der Waals surface area contributed by atoms with E-state index in [1.807, 2.05) is 0 Å². The van der Waals surface area contributed by atoms with Gasteiger partial charge in [-0.05, 0) is 54.3 Å². The molecule has 0 aliphatic carbocycles. The quantitative estimate of drug-likeness (QED) is 0.173. The molecule has 0 fully saturated rings. The van der Waals surface area contributed by atoms with Gasteiger partial charge in [-0.2, -0.15) is 0 Å². The molecule has 0 aromatic heterocycles. The number of carboxylic acids is 1. The molecule has 0 bridgehead atoms. The molecule has 168 valence electrons. The number of unbranched alkanes of at least 4 members (excludes halogenated alkanes) is 1. The summed E-state index contributed by atoms with van der Waals surface area (Å²) in [5.41, 5.74) is 12.7. The van der Waals surface area contributed by atoms with Gasteiger partial charge in [0.25, 0.3) is 0 Å². The Morgan fingerprint density at radius 1 is 1.12 bits per heavy atom. The maximum atomic E-state index is 13.2. The van der Waals surface area contributed by atoms with Crippen molar-refractivity contribution in [3.63, 3.8) is 0 Å². The summed E-state index contributed by atoms with van der Waals surface area (Å²) < 4.78 is 6.09. The number of aliphatic imine (C=N–C) groups is 1. The summed E-state index contributed by atoms with van der Waals surface area (Å²) in [6.07, 6.45) is 3.36. The van der Waals surface area contributed by atoms with Gasteiger partial charge < -0.3 is 31.7 Å². The van der Waals surface area contributed by atoms with Gasteiger partial charge in [0.15, 0.2) is 5.96 Å². The smallest absolute Gasteiger partial charge is 0.328 e. The lowest BCUT2D eigenvalue weighted by Crippen LogP contribution is -2.32. The normalized spacial score (nSPS) is 16.9. The number of carboxylic acid groups (broad SMARTS) is 1. The number of hydrogen-bond donors (Lipinski definition) is 5. The number of amides is 1. The molecule has 1 amide bonds. The van der Waals surface area contributed by atoms with Crippen molar-refractivity contribution in [1.29, 1.82) is 0 Å². The van der Waals surface area contributed by atoms with E-state index in [1.165, 1.54) is 6.08 Å². The summed E-state index contributed by atoms with van der Waals surface area (Å²) in [5.74, 6) is -1.18. The first-order chi connectivity index (χ1) is 15.3. The van der Waals surface area contributed by atoms with Gasteiger partial charge >= 0.3 is 5.97 Å². The second-order valence-corrected chi connectivity index (χ2v) is 7.38. The highest BCUT2D eigenvalue weighted by Gasteiger charge is 2.40. The second-order valence-electron chi connectivity index (χ2n) is 7.38. The number of aromatic hydroxyl groups is 1. The van der Waals surface area contributed by atoms with Crippen molar-refractivity contribution in [2.24, 2.45) is 16.5 Å². The number of phenols is 1. The van der Waals surface area contributed by atoms with Crippen LogP contribution in [0, 0.1) is 0 Å². The number of aliphatic carboxylic acids is 1. The number of carbonyl (C=O) groups excluding carboxylic acids is 1. The molecule has 2 unspecified atom stereocenters. The summed E-state index contributed by atoms with van der Waals surface area (Å²) in [4.78, 5) is 27.9. The van der Waals surface area contributed by atoms with Crippen LogP contribution in [0.1, 0.15) is 41.6 Å². The summed E-state index contributed by atoms with van der Waals surface area (Å²) in [7, 11) is 0. The molecule has 1 aliphatic heterocycles. The Hall–Kier alpha value is -4.01. The van der Waals surface area contributed by atoms with Gasteiger partial charge in [0.1, 0.15) is 23.5 Å². The number of nitrogens with two attached hydrogens (primary N) is 2. The van der Waals surface area contributed by atoms with Crippen molar-refractivity contribution in [3.05, 3.63) is 65.2 Å². The zero-order chi connectivity index (χ0) is 23.1. The second kappa shape index (κ2) is 10.3. The van der Waals surface area contributed by atoms with Crippen molar-refractivity contribution in [3.8, 4) is 11.5 Å². The van der Waals surface area contributed by atoms with E-state index >= 15 is 0 Å². The average molecular weight is 438 g/mol. The third kappa shape index (κ3) is 5.78. The molecule has 32 heavy (non-hydrogen) atoms. The fourth-order valence-electron chi connectivity index (χ4n) is 3.53. The van der Waals surface area contributed by atoms with Crippen LogP contribution in [0.5, 0.6) is 11.5 Å². The van der Waals surface area contributed by atoms with E-state index in [0.717, 1.165) is 18.1 Å². The van der Waals surface area contributed by atoms with E-state index in [-0.39, 0.29) is 17.6 Å². The van der Waals surface area contributed by atoms with Gasteiger partial charge in [-0.25, -0.2) is 4.79 Å². The Labute approximate surface area is 185 Å². The number of nitrogens with one attached hydrogen (secondary N) is 1. The summed E-state index contributed by atoms with van der Waals surface area (Å²) in [6.45, 7) is 0.939. The topological polar surface area (TPSA) is 160 Å². The first kappa shape index (κ1) is 22.7. The minimum absolute atomic E-state index is 0.0400. The maximum absolute atomic E-state index is 13.2. The van der Waals surface area contributed by atoms with E-state index in [9.17, 15) is 14.7 Å². The monoisotopic (exact) mass is 438 g/mol. The molecule has 3 rings (SSSR count). The number of carbonyl (C=O) groups is 2. The number of fused-ring (bicyclic) bond motifs is 1. The van der Waals surface area contributed by atoms with Gasteiger partial charge in [0, 0.05) is 24.7 Å². The number of rotatable bonds is 9. The zero-order valence-electron chi connectivity index (χ0n) is 17.4. The molecule has 9 nitrogen and oxygen atoms in total. The fraction of sp³-hybridized carbons (Fsp3) is 0.261. The van der Waals surface area contributed by atoms with Crippen LogP contribution in [0.25, 0.3) is 6.08 Å². The largest absolute Gasteiger partial charge is 0.508 e. The number of ether oxygens (including phenoxy) is 1. The van der Waals surface area contributed by atoms with Crippen LogP contribution in [0.15, 0.2) is 53.5 Å². The Morgan fingerprint density at radius 3 is 2.56 bits per heavy atom. The predicted molar refractivity (Wildman–Crippen MR) is 120 cm³/mol. The van der Waals surface area contributed by atoms with Crippen LogP contribution in [0.3, 0.4) is 0 Å². The van der Waals surface area contributed by atoms with Crippen molar-refractivity contribution in [2.75, 3.05) is 13.1 Å². The number of hydrogen-bond acceptors (Lipinski definition) is 5. The highest BCUT2D eigenvalue weighted by atomic mass is 16.5. The van der Waals surface area contributed by atoms with Gasteiger partial charge in [0.2, 0.25) is 5.91 Å². The van der Waals surface area contributed by atoms with Crippen LogP contribution >= 0.6 is 0 Å². The Bertz CT molecular complexity index is 1030. The summed E-state index contributed by atoms with van der Waals surface area (Å²) >= 11 is 0. The number of guanidine groups is 1. The van der Waals surface area contributed by atoms with Gasteiger partial charge in [-0.3, -0.25) is 9.79 Å². The molecule has 2 atom stereocenters. The fourth-order valence-corrected chi connectivity index (χ4v) is 3.53. The zero-order valence-corrected chi connectivity index (χ0v) is 17.4. The SMILES string of the molecule is NC(N)=NCCCCNC(=O)C1c2cc(/C=C/C(=O)O)ccc2OC1c1ccc(O)cc1. The van der Waals surface area contributed by atoms with Crippen LogP contribution in [0.4, 0.5) is 0 Å². The Kier molecular flexibility index (Phi) is 7.33. The van der Waals surface area contributed by atoms with Crippen molar-refractivity contribution in [2.45, 2.75) is 24.9 Å². The molecule has 1 aliphatic rings. The van der Waals surface area contributed by atoms with Crippen LogP contribution in [0.2, 0.25) is 0 Å². The molecule has 7 N–H and O–H groups in total. The van der Waals surface area contributed by atoms with Crippen LogP contribution in [-0.2, 0) is 9.59 Å². The van der Waals surface area contributed by atoms with E-state index in [0.29, 0.717) is 36.4 Å². The highest BCUT2D eigenvalue weighted by Crippen LogP contribution is 2.46. The van der Waals surface area contributed by atoms with E-state index < -0.39 is 18.0 Å². The number of nitrogens with zero attached hydrogens (tertiary/aromatic N) is 1. The molecule has 2 aromatic rings.